The Bertz CT molecular complexity index is 1090. The maximum atomic E-state index is 12.4. The molecule has 1 aromatic carbocycles. The van der Waals surface area contributed by atoms with Crippen molar-refractivity contribution in [3.63, 3.8) is 0 Å². The number of imidazole rings is 1. The first kappa shape index (κ1) is 15.1. The van der Waals surface area contributed by atoms with Crippen LogP contribution in [0.25, 0.3) is 22.3 Å². The molecule has 7 heteroatoms. The van der Waals surface area contributed by atoms with Crippen molar-refractivity contribution in [2.45, 2.75) is 13.5 Å². The minimum Gasteiger partial charge on any atom is -0.460 e. The van der Waals surface area contributed by atoms with Crippen molar-refractivity contribution in [1.29, 1.82) is 0 Å². The Morgan fingerprint density at radius 1 is 1.08 bits per heavy atom. The Hall–Kier alpha value is -3.48. The minimum absolute atomic E-state index is 0.159. The predicted octanol–water partition coefficient (Wildman–Crippen LogP) is 2.60. The molecule has 3 aromatic heterocycles. The lowest BCUT2D eigenvalue weighted by Crippen LogP contribution is -2.12. The molecule has 0 amide bonds. The van der Waals surface area contributed by atoms with Crippen molar-refractivity contribution < 1.29 is 4.74 Å². The Morgan fingerprint density at radius 3 is 2.68 bits per heavy atom. The van der Waals surface area contributed by atoms with Crippen LogP contribution in [0.2, 0.25) is 0 Å². The lowest BCUT2D eigenvalue weighted by Gasteiger charge is -2.07. The van der Waals surface area contributed by atoms with Gasteiger partial charge in [0.05, 0.1) is 17.3 Å². The van der Waals surface area contributed by atoms with Crippen molar-refractivity contribution in [2.24, 2.45) is 0 Å². The molecule has 4 aromatic rings. The molecule has 0 fully saturated rings. The summed E-state index contributed by atoms with van der Waals surface area (Å²) in [6.07, 6.45) is 3.25. The van der Waals surface area contributed by atoms with Crippen molar-refractivity contribution in [3.8, 4) is 17.4 Å². The first-order valence-electron chi connectivity index (χ1n) is 7.78. The average molecular weight is 333 g/mol. The second-order valence-corrected chi connectivity index (χ2v) is 5.58. The minimum atomic E-state index is -0.270. The highest BCUT2D eigenvalue weighted by atomic mass is 16.5. The molecule has 4 rings (SSSR count). The highest BCUT2D eigenvalue weighted by molar-refractivity contribution is 5.89. The third kappa shape index (κ3) is 2.99. The molecule has 0 spiro atoms. The molecule has 124 valence electrons. The van der Waals surface area contributed by atoms with Crippen LogP contribution >= 0.6 is 0 Å². The number of nitrogens with zero attached hydrogens (tertiary/aromatic N) is 3. The summed E-state index contributed by atoms with van der Waals surface area (Å²) in [7, 11) is 0. The van der Waals surface area contributed by atoms with E-state index in [1.54, 1.807) is 18.5 Å². The van der Waals surface area contributed by atoms with Crippen molar-refractivity contribution in [1.82, 2.24) is 24.9 Å². The number of benzene rings is 1. The number of rotatable bonds is 4. The Morgan fingerprint density at radius 2 is 1.92 bits per heavy atom. The number of pyridine rings is 1. The quantitative estimate of drug-likeness (QED) is 0.598. The number of H-pyrrole nitrogens is 2. The largest absolute Gasteiger partial charge is 0.460 e. The number of hydrogen-bond donors (Lipinski definition) is 2. The molecule has 0 aliphatic carbocycles. The summed E-state index contributed by atoms with van der Waals surface area (Å²) < 4.78 is 5.66. The Kier molecular flexibility index (Phi) is 3.74. The molecule has 25 heavy (non-hydrogen) atoms. The van der Waals surface area contributed by atoms with Gasteiger partial charge >= 0.3 is 0 Å². The molecule has 0 saturated carbocycles. The smallest absolute Gasteiger partial charge is 0.297 e. The zero-order valence-corrected chi connectivity index (χ0v) is 13.5. The molecular formula is C18H15N5O2. The van der Waals surface area contributed by atoms with Gasteiger partial charge < -0.3 is 9.72 Å². The van der Waals surface area contributed by atoms with E-state index in [2.05, 4.69) is 24.9 Å². The van der Waals surface area contributed by atoms with E-state index >= 15 is 0 Å². The van der Waals surface area contributed by atoms with Crippen molar-refractivity contribution >= 4 is 10.9 Å². The van der Waals surface area contributed by atoms with Crippen LogP contribution in [0.4, 0.5) is 0 Å². The zero-order valence-electron chi connectivity index (χ0n) is 13.5. The Balaban J connectivity index is 1.76. The van der Waals surface area contributed by atoms with Gasteiger partial charge in [-0.3, -0.25) is 14.8 Å². The van der Waals surface area contributed by atoms with Gasteiger partial charge in [0.1, 0.15) is 23.6 Å². The number of nitrogens with one attached hydrogen (secondary N) is 2. The molecule has 0 atom stereocenters. The van der Waals surface area contributed by atoms with E-state index in [1.165, 1.54) is 0 Å². The maximum absolute atomic E-state index is 12.4. The lowest BCUT2D eigenvalue weighted by molar-refractivity contribution is 0.281. The van der Waals surface area contributed by atoms with Gasteiger partial charge in [-0.25, -0.2) is 4.98 Å². The van der Waals surface area contributed by atoms with Gasteiger partial charge in [0.15, 0.2) is 0 Å². The monoisotopic (exact) mass is 333 g/mol. The third-order valence-corrected chi connectivity index (χ3v) is 3.78. The fourth-order valence-electron chi connectivity index (χ4n) is 2.58. The number of hydrogen-bond acceptors (Lipinski definition) is 5. The van der Waals surface area contributed by atoms with E-state index in [0.717, 1.165) is 11.4 Å². The van der Waals surface area contributed by atoms with Crippen molar-refractivity contribution in [3.05, 3.63) is 70.5 Å². The van der Waals surface area contributed by atoms with Gasteiger partial charge in [-0.1, -0.05) is 30.3 Å². The van der Waals surface area contributed by atoms with E-state index in [-0.39, 0.29) is 11.6 Å². The summed E-state index contributed by atoms with van der Waals surface area (Å²) in [5, 5.41) is 0.448. The summed E-state index contributed by atoms with van der Waals surface area (Å²) in [6, 6.07) is 11.5. The van der Waals surface area contributed by atoms with Crippen LogP contribution in [0.1, 0.15) is 11.4 Å². The molecule has 0 saturated heterocycles. The summed E-state index contributed by atoms with van der Waals surface area (Å²) in [6.45, 7) is 2.16. The molecule has 0 radical (unpaired) electrons. The predicted molar refractivity (Wildman–Crippen MR) is 93.3 cm³/mol. The second kappa shape index (κ2) is 6.20. The molecule has 3 heterocycles. The van der Waals surface area contributed by atoms with E-state index in [0.29, 0.717) is 28.9 Å². The van der Waals surface area contributed by atoms with Gasteiger partial charge in [-0.15, -0.1) is 0 Å². The van der Waals surface area contributed by atoms with Crippen molar-refractivity contribution in [2.75, 3.05) is 0 Å². The number of aromatic nitrogens is 5. The summed E-state index contributed by atoms with van der Waals surface area (Å²) in [5.41, 5.74) is 2.45. The standard InChI is InChI=1S/C18H15N5O2/c1-11-20-9-14(21-11)16-15-13(7-8-19-16)17(24)23-18(22-15)25-10-12-5-3-2-4-6-12/h2-9H,10H2,1H3,(H,20,21)(H,22,23,24). The molecule has 0 bridgehead atoms. The van der Waals surface area contributed by atoms with Crippen LogP contribution in [0.5, 0.6) is 6.01 Å². The van der Waals surface area contributed by atoms with E-state index in [1.807, 2.05) is 37.3 Å². The van der Waals surface area contributed by atoms with Crippen LogP contribution in [-0.4, -0.2) is 24.9 Å². The van der Waals surface area contributed by atoms with Crippen LogP contribution in [0.15, 0.2) is 53.6 Å². The molecular weight excluding hydrogens is 318 g/mol. The van der Waals surface area contributed by atoms with E-state index in [9.17, 15) is 4.79 Å². The molecule has 0 aliphatic heterocycles. The van der Waals surface area contributed by atoms with E-state index < -0.39 is 0 Å². The number of fused-ring (bicyclic) bond motifs is 1. The average Bonchev–Trinajstić information content (AvgIpc) is 3.07. The topological polar surface area (TPSA) is 96.6 Å². The van der Waals surface area contributed by atoms with Gasteiger partial charge in [-0.05, 0) is 18.6 Å². The first-order chi connectivity index (χ1) is 12.2. The molecule has 7 nitrogen and oxygen atoms in total. The third-order valence-electron chi connectivity index (χ3n) is 3.78. The molecule has 2 N–H and O–H groups in total. The van der Waals surface area contributed by atoms with Crippen LogP contribution < -0.4 is 10.3 Å². The molecule has 0 unspecified atom stereocenters. The number of aromatic amines is 2. The number of aryl methyl sites for hydroxylation is 1. The normalized spacial score (nSPS) is 10.9. The van der Waals surface area contributed by atoms with Gasteiger partial charge in [0, 0.05) is 6.20 Å². The fourth-order valence-corrected chi connectivity index (χ4v) is 2.58. The van der Waals surface area contributed by atoms with Gasteiger partial charge in [0.25, 0.3) is 11.6 Å². The lowest BCUT2D eigenvalue weighted by atomic mass is 10.2. The zero-order chi connectivity index (χ0) is 17.2. The highest BCUT2D eigenvalue weighted by Gasteiger charge is 2.13. The Labute approximate surface area is 142 Å². The first-order valence-corrected chi connectivity index (χ1v) is 7.78. The van der Waals surface area contributed by atoms with Gasteiger partial charge in [-0.2, -0.15) is 4.98 Å². The maximum Gasteiger partial charge on any atom is 0.297 e. The van der Waals surface area contributed by atoms with Crippen LogP contribution in [-0.2, 0) is 6.61 Å². The van der Waals surface area contributed by atoms with Crippen LogP contribution in [0.3, 0.4) is 0 Å². The van der Waals surface area contributed by atoms with E-state index in [4.69, 9.17) is 4.74 Å². The summed E-state index contributed by atoms with van der Waals surface area (Å²) in [4.78, 5) is 31.1. The second-order valence-electron chi connectivity index (χ2n) is 5.58. The summed E-state index contributed by atoms with van der Waals surface area (Å²) in [5.74, 6) is 0.763. The fraction of sp³-hybridized carbons (Fsp3) is 0.111. The summed E-state index contributed by atoms with van der Waals surface area (Å²) >= 11 is 0. The number of ether oxygens (including phenoxy) is 1. The molecule has 0 aliphatic rings. The van der Waals surface area contributed by atoms with Crippen LogP contribution in [0, 0.1) is 6.92 Å². The van der Waals surface area contributed by atoms with Gasteiger partial charge in [0.2, 0.25) is 0 Å². The SMILES string of the molecule is Cc1ncc(-c2nccc3c(=O)[nH]c(OCc4ccccc4)nc23)[nH]1. The highest BCUT2D eigenvalue weighted by Crippen LogP contribution is 2.22.